The van der Waals surface area contributed by atoms with E-state index in [4.69, 9.17) is 14.2 Å². The van der Waals surface area contributed by atoms with Crippen LogP contribution in [0, 0.1) is 5.41 Å². The van der Waals surface area contributed by atoms with E-state index in [9.17, 15) is 0 Å². The van der Waals surface area contributed by atoms with Gasteiger partial charge in [0.05, 0.1) is 13.2 Å². The van der Waals surface area contributed by atoms with Gasteiger partial charge in [-0.3, -0.25) is 0 Å². The number of hydrogen-bond acceptors (Lipinski definition) is 4. The summed E-state index contributed by atoms with van der Waals surface area (Å²) in [6.07, 6.45) is 0. The molecule has 18 heavy (non-hydrogen) atoms. The predicted molar refractivity (Wildman–Crippen MR) is 69.2 cm³/mol. The van der Waals surface area contributed by atoms with Crippen LogP contribution < -0.4 is 14.8 Å². The first-order valence-electron chi connectivity index (χ1n) is 6.30. The van der Waals surface area contributed by atoms with E-state index >= 15 is 0 Å². The summed E-state index contributed by atoms with van der Waals surface area (Å²) in [6.45, 7) is 8.62. The SMILES string of the molecule is CC1(CNc2ccc3c(c2)OC(C)(C)O3)COC1. The minimum Gasteiger partial charge on any atom is -0.449 e. The normalized spacial score (nSPS) is 22.4. The minimum absolute atomic E-state index is 0.260. The molecular weight excluding hydrogens is 230 g/mol. The zero-order valence-corrected chi connectivity index (χ0v) is 11.1. The van der Waals surface area contributed by atoms with Gasteiger partial charge < -0.3 is 19.5 Å². The summed E-state index contributed by atoms with van der Waals surface area (Å²) in [5.41, 5.74) is 1.32. The van der Waals surface area contributed by atoms with Crippen LogP contribution in [0.15, 0.2) is 18.2 Å². The van der Waals surface area contributed by atoms with Crippen LogP contribution in [0.1, 0.15) is 20.8 Å². The molecule has 0 radical (unpaired) electrons. The molecule has 4 nitrogen and oxygen atoms in total. The van der Waals surface area contributed by atoms with Crippen molar-refractivity contribution < 1.29 is 14.2 Å². The highest BCUT2D eigenvalue weighted by atomic mass is 16.7. The van der Waals surface area contributed by atoms with Gasteiger partial charge in [0.2, 0.25) is 5.79 Å². The quantitative estimate of drug-likeness (QED) is 0.894. The van der Waals surface area contributed by atoms with Crippen molar-refractivity contribution >= 4 is 5.69 Å². The topological polar surface area (TPSA) is 39.7 Å². The third-order valence-corrected chi connectivity index (χ3v) is 3.28. The van der Waals surface area contributed by atoms with Crippen LogP contribution in [0.25, 0.3) is 0 Å². The summed E-state index contributed by atoms with van der Waals surface area (Å²) < 4.78 is 16.6. The van der Waals surface area contributed by atoms with Gasteiger partial charge in [-0.1, -0.05) is 6.92 Å². The van der Waals surface area contributed by atoms with Crippen molar-refractivity contribution in [2.75, 3.05) is 25.1 Å². The maximum Gasteiger partial charge on any atom is 0.246 e. The fourth-order valence-electron chi connectivity index (χ4n) is 2.20. The molecule has 2 aliphatic heterocycles. The van der Waals surface area contributed by atoms with E-state index in [1.807, 2.05) is 32.0 Å². The number of benzene rings is 1. The number of ether oxygens (including phenoxy) is 3. The number of anilines is 1. The van der Waals surface area contributed by atoms with Gasteiger partial charge in [0.15, 0.2) is 11.5 Å². The van der Waals surface area contributed by atoms with Gasteiger partial charge in [0.1, 0.15) is 0 Å². The van der Waals surface area contributed by atoms with Crippen LogP contribution in [0.4, 0.5) is 5.69 Å². The summed E-state index contributed by atoms with van der Waals surface area (Å²) >= 11 is 0. The minimum atomic E-state index is -0.561. The third kappa shape index (κ3) is 2.12. The zero-order chi connectivity index (χ0) is 12.8. The average molecular weight is 249 g/mol. The fraction of sp³-hybridized carbons (Fsp3) is 0.571. The van der Waals surface area contributed by atoms with Crippen LogP contribution >= 0.6 is 0 Å². The van der Waals surface area contributed by atoms with E-state index in [0.29, 0.717) is 0 Å². The molecule has 1 saturated heterocycles. The van der Waals surface area contributed by atoms with Crippen LogP contribution in [-0.4, -0.2) is 25.5 Å². The number of nitrogens with one attached hydrogen (secondary N) is 1. The van der Waals surface area contributed by atoms with Crippen LogP contribution in [-0.2, 0) is 4.74 Å². The van der Waals surface area contributed by atoms with Gasteiger partial charge in [-0.05, 0) is 12.1 Å². The molecule has 0 unspecified atom stereocenters. The predicted octanol–water partition coefficient (Wildman–Crippen LogP) is 2.64. The highest BCUT2D eigenvalue weighted by molar-refractivity contribution is 5.56. The lowest BCUT2D eigenvalue weighted by atomic mass is 9.89. The van der Waals surface area contributed by atoms with Crippen molar-refractivity contribution in [2.24, 2.45) is 5.41 Å². The molecule has 0 atom stereocenters. The van der Waals surface area contributed by atoms with Gasteiger partial charge >= 0.3 is 0 Å². The molecule has 0 aromatic heterocycles. The Morgan fingerprint density at radius 2 is 1.83 bits per heavy atom. The summed E-state index contributed by atoms with van der Waals surface area (Å²) in [6, 6.07) is 5.96. The standard InChI is InChI=1S/C14H19NO3/c1-13(2)17-11-5-4-10(6-12(11)18-13)15-7-14(3)8-16-9-14/h4-6,15H,7-9H2,1-3H3. The number of rotatable bonds is 3. The van der Waals surface area contributed by atoms with Crippen LogP contribution in [0.3, 0.4) is 0 Å². The van der Waals surface area contributed by atoms with E-state index in [-0.39, 0.29) is 5.41 Å². The number of fused-ring (bicyclic) bond motifs is 1. The first kappa shape index (κ1) is 11.7. The molecule has 0 spiro atoms. The Kier molecular flexibility index (Phi) is 2.45. The molecule has 2 aliphatic rings. The Bertz CT molecular complexity index is 466. The van der Waals surface area contributed by atoms with E-state index in [0.717, 1.165) is 36.9 Å². The zero-order valence-electron chi connectivity index (χ0n) is 11.1. The molecule has 0 aliphatic carbocycles. The van der Waals surface area contributed by atoms with Crippen molar-refractivity contribution in [3.8, 4) is 11.5 Å². The Morgan fingerprint density at radius 1 is 1.11 bits per heavy atom. The molecule has 98 valence electrons. The molecule has 0 bridgehead atoms. The van der Waals surface area contributed by atoms with E-state index in [1.165, 1.54) is 0 Å². The maximum atomic E-state index is 5.72. The molecule has 1 N–H and O–H groups in total. The van der Waals surface area contributed by atoms with Crippen molar-refractivity contribution in [1.82, 2.24) is 0 Å². The maximum absolute atomic E-state index is 5.72. The molecule has 1 fully saturated rings. The molecular formula is C14H19NO3. The second kappa shape index (κ2) is 3.79. The van der Waals surface area contributed by atoms with E-state index in [1.54, 1.807) is 0 Å². The molecule has 2 heterocycles. The van der Waals surface area contributed by atoms with Crippen molar-refractivity contribution in [2.45, 2.75) is 26.6 Å². The summed E-state index contributed by atoms with van der Waals surface area (Å²) in [7, 11) is 0. The Balaban J connectivity index is 1.68. The smallest absolute Gasteiger partial charge is 0.246 e. The average Bonchev–Trinajstić information content (AvgIpc) is 2.56. The molecule has 4 heteroatoms. The van der Waals surface area contributed by atoms with Gasteiger partial charge in [-0.2, -0.15) is 0 Å². The van der Waals surface area contributed by atoms with Gasteiger partial charge in [0.25, 0.3) is 0 Å². The third-order valence-electron chi connectivity index (χ3n) is 3.28. The van der Waals surface area contributed by atoms with Gasteiger partial charge in [-0.15, -0.1) is 0 Å². The molecule has 1 aromatic rings. The largest absolute Gasteiger partial charge is 0.449 e. The van der Waals surface area contributed by atoms with Crippen molar-refractivity contribution in [3.63, 3.8) is 0 Å². The second-order valence-corrected chi connectivity index (χ2v) is 5.92. The lowest BCUT2D eigenvalue weighted by Gasteiger charge is -2.38. The monoisotopic (exact) mass is 249 g/mol. The lowest BCUT2D eigenvalue weighted by molar-refractivity contribution is -0.0924. The van der Waals surface area contributed by atoms with Gasteiger partial charge in [0, 0.05) is 37.6 Å². The van der Waals surface area contributed by atoms with E-state index < -0.39 is 5.79 Å². The summed E-state index contributed by atoms with van der Waals surface area (Å²) in [5, 5.41) is 3.43. The first-order chi connectivity index (χ1) is 8.46. The summed E-state index contributed by atoms with van der Waals surface area (Å²) in [4.78, 5) is 0. The van der Waals surface area contributed by atoms with E-state index in [2.05, 4.69) is 12.2 Å². The molecule has 0 amide bonds. The molecule has 3 rings (SSSR count). The first-order valence-corrected chi connectivity index (χ1v) is 6.30. The van der Waals surface area contributed by atoms with Gasteiger partial charge in [-0.25, -0.2) is 0 Å². The van der Waals surface area contributed by atoms with Crippen molar-refractivity contribution in [3.05, 3.63) is 18.2 Å². The molecule has 1 aromatic carbocycles. The fourth-order valence-corrected chi connectivity index (χ4v) is 2.20. The van der Waals surface area contributed by atoms with Crippen LogP contribution in [0.2, 0.25) is 0 Å². The second-order valence-electron chi connectivity index (χ2n) is 5.92. The lowest BCUT2D eigenvalue weighted by Crippen LogP contribution is -2.45. The highest BCUT2D eigenvalue weighted by Gasteiger charge is 2.34. The molecule has 0 saturated carbocycles. The summed E-state index contributed by atoms with van der Waals surface area (Å²) in [5.74, 6) is 1.05. The number of hydrogen-bond donors (Lipinski definition) is 1. The van der Waals surface area contributed by atoms with Crippen LogP contribution in [0.5, 0.6) is 11.5 Å². The highest BCUT2D eigenvalue weighted by Crippen LogP contribution is 2.40. The Morgan fingerprint density at radius 3 is 2.50 bits per heavy atom. The Labute approximate surface area is 107 Å². The Hall–Kier alpha value is -1.42. The van der Waals surface area contributed by atoms with Crippen molar-refractivity contribution in [1.29, 1.82) is 0 Å².